The monoisotopic (exact) mass is 357 g/mol. The summed E-state index contributed by atoms with van der Waals surface area (Å²) in [5.41, 5.74) is -0.153. The van der Waals surface area contributed by atoms with Crippen LogP contribution in [0.2, 0.25) is 0 Å². The van der Waals surface area contributed by atoms with Gasteiger partial charge in [0.25, 0.3) is 5.91 Å². The number of benzene rings is 1. The van der Waals surface area contributed by atoms with Crippen molar-refractivity contribution in [2.75, 3.05) is 27.3 Å². The minimum absolute atomic E-state index is 0.0744. The fraction of sp³-hybridized carbons (Fsp3) is 0.533. The number of likely N-dealkylation sites (tertiary alicyclic amines) is 1. The van der Waals surface area contributed by atoms with E-state index in [4.69, 9.17) is 9.47 Å². The summed E-state index contributed by atoms with van der Waals surface area (Å²) in [5, 5.41) is 9.96. The van der Waals surface area contributed by atoms with Crippen LogP contribution in [-0.2, 0) is 0 Å². The van der Waals surface area contributed by atoms with Crippen molar-refractivity contribution in [1.29, 1.82) is 0 Å². The van der Waals surface area contributed by atoms with E-state index in [9.17, 15) is 9.90 Å². The number of carbonyl (C=O) groups is 1. The van der Waals surface area contributed by atoms with Crippen molar-refractivity contribution >= 4 is 21.8 Å². The first-order valence-electron chi connectivity index (χ1n) is 6.81. The van der Waals surface area contributed by atoms with Crippen LogP contribution in [0.25, 0.3) is 0 Å². The fourth-order valence-corrected chi connectivity index (χ4v) is 2.92. The Morgan fingerprint density at radius 1 is 1.24 bits per heavy atom. The van der Waals surface area contributed by atoms with E-state index in [1.54, 1.807) is 38.2 Å². The van der Waals surface area contributed by atoms with Gasteiger partial charge in [-0.3, -0.25) is 4.79 Å². The van der Waals surface area contributed by atoms with Gasteiger partial charge in [-0.05, 0) is 47.8 Å². The quantitative estimate of drug-likeness (QED) is 0.902. The lowest BCUT2D eigenvalue weighted by molar-refractivity contribution is -0.00204. The number of amides is 1. The molecule has 1 aromatic rings. The molecule has 0 saturated carbocycles. The summed E-state index contributed by atoms with van der Waals surface area (Å²) < 4.78 is 11.2. The standard InChI is InChI=1S/C15H20BrNO4/c1-15(19)4-6-17(7-5-15)14(18)10-8-11(20-2)13(16)12(9-10)21-3/h8-9,19H,4-7H2,1-3H3. The van der Waals surface area contributed by atoms with Crippen molar-refractivity contribution in [3.8, 4) is 11.5 Å². The van der Waals surface area contributed by atoms with Gasteiger partial charge in [0.2, 0.25) is 0 Å². The molecule has 0 spiro atoms. The first-order valence-corrected chi connectivity index (χ1v) is 7.60. The Hall–Kier alpha value is -1.27. The predicted octanol–water partition coefficient (Wildman–Crippen LogP) is 2.45. The normalized spacial score (nSPS) is 17.5. The molecule has 0 aliphatic carbocycles. The predicted molar refractivity (Wildman–Crippen MR) is 83.0 cm³/mol. The zero-order chi connectivity index (χ0) is 15.6. The Kier molecular flexibility index (Phi) is 4.78. The molecule has 2 rings (SSSR count). The van der Waals surface area contributed by atoms with Crippen LogP contribution < -0.4 is 9.47 Å². The molecule has 1 aromatic carbocycles. The van der Waals surface area contributed by atoms with Crippen molar-refractivity contribution in [3.05, 3.63) is 22.2 Å². The van der Waals surface area contributed by atoms with E-state index in [2.05, 4.69) is 15.9 Å². The average molecular weight is 358 g/mol. The van der Waals surface area contributed by atoms with Gasteiger partial charge in [-0.15, -0.1) is 0 Å². The minimum Gasteiger partial charge on any atom is -0.495 e. The SMILES string of the molecule is COc1cc(C(=O)N2CCC(C)(O)CC2)cc(OC)c1Br. The number of carbonyl (C=O) groups excluding carboxylic acids is 1. The van der Waals surface area contributed by atoms with E-state index in [1.807, 2.05) is 0 Å². The van der Waals surface area contributed by atoms with Crippen molar-refractivity contribution in [1.82, 2.24) is 4.90 Å². The highest BCUT2D eigenvalue weighted by Crippen LogP contribution is 2.36. The number of nitrogens with zero attached hydrogens (tertiary/aromatic N) is 1. The number of halogens is 1. The third-order valence-electron chi connectivity index (χ3n) is 3.82. The Balaban J connectivity index is 2.23. The molecule has 0 radical (unpaired) electrons. The molecule has 1 fully saturated rings. The summed E-state index contributed by atoms with van der Waals surface area (Å²) in [6.07, 6.45) is 1.17. The van der Waals surface area contributed by atoms with Crippen molar-refractivity contribution < 1.29 is 19.4 Å². The van der Waals surface area contributed by atoms with Crippen molar-refractivity contribution in [3.63, 3.8) is 0 Å². The first-order chi connectivity index (χ1) is 9.88. The summed E-state index contributed by atoms with van der Waals surface area (Å²) in [6, 6.07) is 3.39. The van der Waals surface area contributed by atoms with E-state index in [-0.39, 0.29) is 5.91 Å². The second-order valence-corrected chi connectivity index (χ2v) is 6.28. The van der Waals surface area contributed by atoms with E-state index in [0.717, 1.165) is 0 Å². The molecular weight excluding hydrogens is 338 g/mol. The second kappa shape index (κ2) is 6.23. The number of aliphatic hydroxyl groups is 1. The van der Waals surface area contributed by atoms with Crippen LogP contribution in [0.1, 0.15) is 30.1 Å². The summed E-state index contributed by atoms with van der Waals surface area (Å²) in [5.74, 6) is 1.04. The summed E-state index contributed by atoms with van der Waals surface area (Å²) in [4.78, 5) is 14.3. The first kappa shape index (κ1) is 16.1. The van der Waals surface area contributed by atoms with Gasteiger partial charge >= 0.3 is 0 Å². The molecule has 1 aliphatic rings. The molecule has 0 aromatic heterocycles. The van der Waals surface area contributed by atoms with Crippen molar-refractivity contribution in [2.45, 2.75) is 25.4 Å². The van der Waals surface area contributed by atoms with Gasteiger partial charge < -0.3 is 19.5 Å². The summed E-state index contributed by atoms with van der Waals surface area (Å²) >= 11 is 3.39. The van der Waals surface area contributed by atoms with Crippen LogP contribution >= 0.6 is 15.9 Å². The van der Waals surface area contributed by atoms with E-state index in [0.29, 0.717) is 47.5 Å². The highest BCUT2D eigenvalue weighted by atomic mass is 79.9. The molecule has 1 amide bonds. The molecule has 6 heteroatoms. The van der Waals surface area contributed by atoms with E-state index in [1.165, 1.54) is 0 Å². The Bertz CT molecular complexity index is 509. The minimum atomic E-state index is -0.675. The molecular formula is C15H20BrNO4. The maximum absolute atomic E-state index is 12.6. The molecule has 0 atom stereocenters. The van der Waals surface area contributed by atoms with Gasteiger partial charge in [0.05, 0.1) is 19.8 Å². The third kappa shape index (κ3) is 3.49. The van der Waals surface area contributed by atoms with Crippen LogP contribution in [0.3, 0.4) is 0 Å². The van der Waals surface area contributed by atoms with Crippen LogP contribution in [0, 0.1) is 0 Å². The molecule has 116 valence electrons. The zero-order valence-corrected chi connectivity index (χ0v) is 14.1. The highest BCUT2D eigenvalue weighted by molar-refractivity contribution is 9.10. The molecule has 1 saturated heterocycles. The molecule has 1 N–H and O–H groups in total. The molecule has 21 heavy (non-hydrogen) atoms. The van der Waals surface area contributed by atoms with Gasteiger partial charge in [-0.1, -0.05) is 0 Å². The molecule has 1 heterocycles. The fourth-order valence-electron chi connectivity index (χ4n) is 2.37. The number of piperidine rings is 1. The van der Waals surface area contributed by atoms with Gasteiger partial charge in [0.15, 0.2) is 0 Å². The summed E-state index contributed by atoms with van der Waals surface area (Å²) in [6.45, 7) is 2.90. The van der Waals surface area contributed by atoms with Crippen LogP contribution in [-0.4, -0.2) is 48.8 Å². The third-order valence-corrected chi connectivity index (χ3v) is 4.60. The maximum atomic E-state index is 12.6. The Labute approximate surface area is 133 Å². The molecule has 0 unspecified atom stereocenters. The van der Waals surface area contributed by atoms with Gasteiger partial charge in [0, 0.05) is 18.7 Å². The smallest absolute Gasteiger partial charge is 0.254 e. The van der Waals surface area contributed by atoms with Crippen LogP contribution in [0.15, 0.2) is 16.6 Å². The van der Waals surface area contributed by atoms with Gasteiger partial charge in [-0.2, -0.15) is 0 Å². The number of methoxy groups -OCH3 is 2. The zero-order valence-electron chi connectivity index (χ0n) is 12.5. The lowest BCUT2D eigenvalue weighted by Crippen LogP contribution is -2.45. The van der Waals surface area contributed by atoms with Gasteiger partial charge in [-0.25, -0.2) is 0 Å². The van der Waals surface area contributed by atoms with E-state index < -0.39 is 5.60 Å². The summed E-state index contributed by atoms with van der Waals surface area (Å²) in [7, 11) is 3.10. The van der Waals surface area contributed by atoms with Gasteiger partial charge in [0.1, 0.15) is 16.0 Å². The topological polar surface area (TPSA) is 59.0 Å². The van der Waals surface area contributed by atoms with Crippen LogP contribution in [0.5, 0.6) is 11.5 Å². The Morgan fingerprint density at radius 2 is 1.71 bits per heavy atom. The highest BCUT2D eigenvalue weighted by Gasteiger charge is 2.30. The number of hydrogen-bond acceptors (Lipinski definition) is 4. The Morgan fingerprint density at radius 3 is 2.14 bits per heavy atom. The van der Waals surface area contributed by atoms with Crippen LogP contribution in [0.4, 0.5) is 0 Å². The second-order valence-electron chi connectivity index (χ2n) is 5.48. The van der Waals surface area contributed by atoms with Crippen molar-refractivity contribution in [2.24, 2.45) is 0 Å². The average Bonchev–Trinajstić information content (AvgIpc) is 2.47. The number of rotatable bonds is 3. The molecule has 1 aliphatic heterocycles. The lowest BCUT2D eigenvalue weighted by atomic mass is 9.93. The maximum Gasteiger partial charge on any atom is 0.254 e. The lowest BCUT2D eigenvalue weighted by Gasteiger charge is -2.35. The number of ether oxygens (including phenoxy) is 2. The van der Waals surface area contributed by atoms with E-state index >= 15 is 0 Å². The number of hydrogen-bond donors (Lipinski definition) is 1. The molecule has 0 bridgehead atoms. The largest absolute Gasteiger partial charge is 0.495 e. The molecule has 5 nitrogen and oxygen atoms in total.